The number of nitro benzene ring substituents is 1. The van der Waals surface area contributed by atoms with Crippen molar-refractivity contribution in [2.45, 2.75) is 0 Å². The molecule has 1 heterocycles. The van der Waals surface area contributed by atoms with Crippen LogP contribution < -0.4 is 4.90 Å². The van der Waals surface area contributed by atoms with Crippen LogP contribution >= 0.6 is 35.4 Å². The fourth-order valence-corrected chi connectivity index (χ4v) is 4.13. The number of carbonyl (C=O) groups is 3. The van der Waals surface area contributed by atoms with Crippen LogP contribution in [0, 0.1) is 10.1 Å². The quantitative estimate of drug-likeness (QED) is 0.183. The van der Waals surface area contributed by atoms with Crippen LogP contribution in [0.15, 0.2) is 66.7 Å². The molecule has 4 rings (SSSR count). The van der Waals surface area contributed by atoms with Gasteiger partial charge < -0.3 is 4.74 Å². The summed E-state index contributed by atoms with van der Waals surface area (Å²) in [4.78, 5) is 51.1. The minimum atomic E-state index is -0.781. The lowest BCUT2D eigenvalue weighted by molar-refractivity contribution is -0.384. The molecule has 0 saturated heterocycles. The number of non-ortho nitro benzene ring substituents is 1. The van der Waals surface area contributed by atoms with Crippen LogP contribution in [-0.2, 0) is 4.74 Å². The van der Waals surface area contributed by atoms with Crippen LogP contribution in [0.5, 0.6) is 0 Å². The number of ether oxygens (including phenoxy) is 1. The zero-order valence-corrected chi connectivity index (χ0v) is 20.5. The van der Waals surface area contributed by atoms with Crippen LogP contribution in [0.3, 0.4) is 0 Å². The molecule has 12 heteroatoms. The molecule has 0 saturated carbocycles. The van der Waals surface area contributed by atoms with E-state index in [-0.39, 0.29) is 40.3 Å². The molecule has 0 unspecified atom stereocenters. The van der Waals surface area contributed by atoms with Crippen molar-refractivity contribution in [3.8, 4) is 0 Å². The SMILES string of the molecule is O=C1c2ccccc2C(=O)N1CCOC(=S)N(C(=O)c1cc([N+](=O)[O-])ccc1Cl)c1ccc(Cl)cc1. The van der Waals surface area contributed by atoms with Gasteiger partial charge in [-0.2, -0.15) is 0 Å². The first-order chi connectivity index (χ1) is 17.2. The number of fused-ring (bicyclic) bond motifs is 1. The molecular weight excluding hydrogens is 529 g/mol. The lowest BCUT2D eigenvalue weighted by Crippen LogP contribution is -2.39. The predicted molar refractivity (Wildman–Crippen MR) is 137 cm³/mol. The summed E-state index contributed by atoms with van der Waals surface area (Å²) >= 11 is 17.5. The molecule has 0 N–H and O–H groups in total. The Morgan fingerprint density at radius 1 is 1.00 bits per heavy atom. The van der Waals surface area contributed by atoms with E-state index in [4.69, 9.17) is 40.2 Å². The number of carbonyl (C=O) groups excluding carboxylic acids is 3. The van der Waals surface area contributed by atoms with Gasteiger partial charge in [0, 0.05) is 17.2 Å². The number of anilines is 1. The molecule has 3 aromatic carbocycles. The molecule has 0 aliphatic carbocycles. The number of imide groups is 1. The van der Waals surface area contributed by atoms with Gasteiger partial charge in [0.15, 0.2) is 0 Å². The Morgan fingerprint density at radius 2 is 1.61 bits per heavy atom. The van der Waals surface area contributed by atoms with Crippen molar-refractivity contribution >= 4 is 69.7 Å². The van der Waals surface area contributed by atoms with E-state index in [1.165, 1.54) is 36.4 Å². The Kier molecular flexibility index (Phi) is 7.30. The van der Waals surface area contributed by atoms with Gasteiger partial charge in [-0.1, -0.05) is 35.3 Å². The third-order valence-electron chi connectivity index (χ3n) is 5.28. The predicted octanol–water partition coefficient (Wildman–Crippen LogP) is 5.15. The minimum absolute atomic E-state index is 0.0293. The summed E-state index contributed by atoms with van der Waals surface area (Å²) in [5.41, 5.74) is 0.341. The molecule has 0 atom stereocenters. The van der Waals surface area contributed by atoms with E-state index in [0.29, 0.717) is 16.1 Å². The van der Waals surface area contributed by atoms with E-state index < -0.39 is 22.6 Å². The molecular formula is C24H15Cl2N3O6S. The van der Waals surface area contributed by atoms with Crippen molar-refractivity contribution in [3.63, 3.8) is 0 Å². The number of hydrogen-bond acceptors (Lipinski definition) is 7. The van der Waals surface area contributed by atoms with Gasteiger partial charge in [0.2, 0.25) is 0 Å². The van der Waals surface area contributed by atoms with E-state index in [9.17, 15) is 24.5 Å². The molecule has 0 aromatic heterocycles. The number of hydrogen-bond donors (Lipinski definition) is 0. The summed E-state index contributed by atoms with van der Waals surface area (Å²) in [5, 5.41) is 11.3. The van der Waals surface area contributed by atoms with Gasteiger partial charge >= 0.3 is 0 Å². The molecule has 1 aliphatic rings. The van der Waals surface area contributed by atoms with E-state index in [1.54, 1.807) is 24.3 Å². The van der Waals surface area contributed by atoms with E-state index in [0.717, 1.165) is 15.9 Å². The molecule has 0 spiro atoms. The largest absolute Gasteiger partial charge is 0.468 e. The van der Waals surface area contributed by atoms with Gasteiger partial charge in [-0.3, -0.25) is 29.4 Å². The van der Waals surface area contributed by atoms with Crippen LogP contribution in [-0.4, -0.2) is 45.9 Å². The number of amides is 3. The molecule has 182 valence electrons. The number of rotatable bonds is 6. The summed E-state index contributed by atoms with van der Waals surface area (Å²) in [5.74, 6) is -1.70. The van der Waals surface area contributed by atoms with E-state index in [2.05, 4.69) is 0 Å². The highest BCUT2D eigenvalue weighted by Crippen LogP contribution is 2.28. The average Bonchev–Trinajstić information content (AvgIpc) is 3.10. The number of thiocarbonyl (C=S) groups is 1. The fraction of sp³-hybridized carbons (Fsp3) is 0.0833. The third-order valence-corrected chi connectivity index (χ3v) is 6.16. The normalized spacial score (nSPS) is 12.3. The van der Waals surface area contributed by atoms with E-state index >= 15 is 0 Å². The maximum absolute atomic E-state index is 13.4. The minimum Gasteiger partial charge on any atom is -0.468 e. The van der Waals surface area contributed by atoms with Crippen molar-refractivity contribution in [1.82, 2.24) is 4.90 Å². The summed E-state index contributed by atoms with van der Waals surface area (Å²) in [7, 11) is 0. The van der Waals surface area contributed by atoms with Crippen LogP contribution in [0.25, 0.3) is 0 Å². The first kappa shape index (κ1) is 25.2. The highest BCUT2D eigenvalue weighted by molar-refractivity contribution is 7.80. The van der Waals surface area contributed by atoms with Gasteiger partial charge in [0.25, 0.3) is 28.6 Å². The second-order valence-corrected chi connectivity index (χ2v) is 8.65. The zero-order valence-electron chi connectivity index (χ0n) is 18.2. The highest BCUT2D eigenvalue weighted by atomic mass is 35.5. The first-order valence-corrected chi connectivity index (χ1v) is 11.5. The summed E-state index contributed by atoms with van der Waals surface area (Å²) < 4.78 is 5.59. The molecule has 0 bridgehead atoms. The molecule has 1 aliphatic heterocycles. The van der Waals surface area contributed by atoms with Crippen LogP contribution in [0.4, 0.5) is 11.4 Å². The number of nitro groups is 1. The Morgan fingerprint density at radius 3 is 2.19 bits per heavy atom. The van der Waals surface area contributed by atoms with Crippen molar-refractivity contribution in [3.05, 3.63) is 104 Å². The summed E-state index contributed by atoms with van der Waals surface area (Å²) in [6.07, 6.45) is 0. The number of nitrogens with zero attached hydrogens (tertiary/aromatic N) is 3. The maximum atomic E-state index is 13.4. The fourth-order valence-electron chi connectivity index (χ4n) is 3.54. The van der Waals surface area contributed by atoms with Crippen molar-refractivity contribution in [2.24, 2.45) is 0 Å². The Balaban J connectivity index is 1.55. The Hall–Kier alpha value is -3.86. The standard InChI is InChI=1S/C24H15Cl2N3O6S/c25-14-5-7-15(8-6-14)28(23(32)19-13-16(29(33)34)9-10-20(19)26)24(36)35-12-11-27-21(30)17-3-1-2-4-18(17)22(27)31/h1-10,13H,11-12H2. The topological polar surface area (TPSA) is 110 Å². The van der Waals surface area contributed by atoms with Gasteiger partial charge in [-0.15, -0.1) is 0 Å². The number of benzene rings is 3. The van der Waals surface area contributed by atoms with Crippen molar-refractivity contribution in [1.29, 1.82) is 0 Å². The van der Waals surface area contributed by atoms with Crippen LogP contribution in [0.2, 0.25) is 10.0 Å². The lowest BCUT2D eigenvalue weighted by Gasteiger charge is -2.24. The Labute approximate surface area is 219 Å². The average molecular weight is 544 g/mol. The van der Waals surface area contributed by atoms with Gasteiger partial charge in [-0.25, -0.2) is 4.90 Å². The smallest absolute Gasteiger partial charge is 0.271 e. The molecule has 36 heavy (non-hydrogen) atoms. The first-order valence-electron chi connectivity index (χ1n) is 10.3. The maximum Gasteiger partial charge on any atom is 0.271 e. The third kappa shape index (κ3) is 4.92. The van der Waals surface area contributed by atoms with Crippen molar-refractivity contribution in [2.75, 3.05) is 18.1 Å². The summed E-state index contributed by atoms with van der Waals surface area (Å²) in [6, 6.07) is 15.9. The second kappa shape index (κ2) is 10.4. The van der Waals surface area contributed by atoms with Gasteiger partial charge in [0.1, 0.15) is 6.61 Å². The number of halogens is 2. The second-order valence-electron chi connectivity index (χ2n) is 7.46. The monoisotopic (exact) mass is 543 g/mol. The van der Waals surface area contributed by atoms with Crippen molar-refractivity contribution < 1.29 is 24.0 Å². The van der Waals surface area contributed by atoms with Gasteiger partial charge in [-0.05, 0) is 54.7 Å². The molecule has 3 aromatic rings. The molecule has 3 amide bonds. The zero-order chi connectivity index (χ0) is 26.0. The molecule has 0 radical (unpaired) electrons. The molecule has 0 fully saturated rings. The summed E-state index contributed by atoms with van der Waals surface area (Å²) in [6.45, 7) is -0.322. The highest BCUT2D eigenvalue weighted by Gasteiger charge is 2.35. The van der Waals surface area contributed by atoms with Crippen LogP contribution in [0.1, 0.15) is 31.1 Å². The lowest BCUT2D eigenvalue weighted by atomic mass is 10.1. The van der Waals surface area contributed by atoms with Gasteiger partial charge in [0.05, 0.1) is 38.9 Å². The van der Waals surface area contributed by atoms with E-state index in [1.807, 2.05) is 0 Å². The molecule has 9 nitrogen and oxygen atoms in total. The Bertz CT molecular complexity index is 1380.